The Morgan fingerprint density at radius 1 is 1.06 bits per heavy atom. The molecule has 0 fully saturated rings. The molecule has 0 saturated carbocycles. The molecule has 8 nitrogen and oxygen atoms in total. The number of aromatic nitrogens is 2. The fourth-order valence-electron chi connectivity index (χ4n) is 3.97. The zero-order chi connectivity index (χ0) is 25.2. The van der Waals surface area contributed by atoms with E-state index in [9.17, 15) is 14.9 Å². The summed E-state index contributed by atoms with van der Waals surface area (Å²) in [7, 11) is 0. The monoisotopic (exact) mass is 542 g/mol. The summed E-state index contributed by atoms with van der Waals surface area (Å²) in [6.07, 6.45) is 1.39. The van der Waals surface area contributed by atoms with Gasteiger partial charge in [-0.05, 0) is 53.6 Å². The lowest BCUT2D eigenvalue weighted by Crippen LogP contribution is -2.20. The number of rotatable bonds is 6. The van der Waals surface area contributed by atoms with Crippen LogP contribution in [-0.2, 0) is 6.61 Å². The van der Waals surface area contributed by atoms with Crippen molar-refractivity contribution in [2.45, 2.75) is 13.5 Å². The number of benzene rings is 4. The highest BCUT2D eigenvalue weighted by atomic mass is 79.9. The van der Waals surface area contributed by atoms with E-state index in [1.807, 2.05) is 48.5 Å². The van der Waals surface area contributed by atoms with Crippen LogP contribution in [0, 0.1) is 17.0 Å². The average molecular weight is 543 g/mol. The minimum Gasteiger partial charge on any atom is -0.482 e. The fourth-order valence-corrected chi connectivity index (χ4v) is 4.33. The second-order valence-corrected chi connectivity index (χ2v) is 9.01. The molecule has 0 unspecified atom stereocenters. The third-order valence-electron chi connectivity index (χ3n) is 5.74. The molecule has 0 spiro atoms. The summed E-state index contributed by atoms with van der Waals surface area (Å²) < 4.78 is 7.78. The summed E-state index contributed by atoms with van der Waals surface area (Å²) in [6.45, 7) is 1.86. The van der Waals surface area contributed by atoms with E-state index in [2.05, 4.69) is 26.0 Å². The van der Waals surface area contributed by atoms with Crippen LogP contribution in [0.2, 0.25) is 0 Å². The zero-order valence-electron chi connectivity index (χ0n) is 19.1. The van der Waals surface area contributed by atoms with Gasteiger partial charge in [-0.25, -0.2) is 4.98 Å². The van der Waals surface area contributed by atoms with Crippen molar-refractivity contribution in [1.29, 1.82) is 0 Å². The van der Waals surface area contributed by atoms with E-state index in [1.165, 1.54) is 23.0 Å². The van der Waals surface area contributed by atoms with Crippen molar-refractivity contribution in [3.05, 3.63) is 121 Å². The van der Waals surface area contributed by atoms with Crippen LogP contribution >= 0.6 is 15.9 Å². The Morgan fingerprint density at radius 3 is 2.69 bits per heavy atom. The van der Waals surface area contributed by atoms with Crippen LogP contribution in [0.1, 0.15) is 17.0 Å². The Balaban J connectivity index is 1.44. The number of hydrogen-bond acceptors (Lipinski definition) is 6. The topological polar surface area (TPSA) is 99.6 Å². The van der Waals surface area contributed by atoms with Crippen LogP contribution in [0.5, 0.6) is 5.75 Å². The van der Waals surface area contributed by atoms with E-state index in [4.69, 9.17) is 4.74 Å². The largest absolute Gasteiger partial charge is 0.482 e. The SMILES string of the molecule is Cc1nc2ccc(Br)cc2c(=O)n1N=Cc1ccc(OCc2cccc3ccccc23)c([N+](=O)[O-])c1. The van der Waals surface area contributed by atoms with Crippen LogP contribution in [0.4, 0.5) is 5.69 Å². The Kier molecular flexibility index (Phi) is 6.30. The van der Waals surface area contributed by atoms with Crippen LogP contribution in [0.3, 0.4) is 0 Å². The van der Waals surface area contributed by atoms with E-state index in [-0.39, 0.29) is 23.6 Å². The van der Waals surface area contributed by atoms with Gasteiger partial charge in [0.2, 0.25) is 0 Å². The normalized spacial score (nSPS) is 11.4. The van der Waals surface area contributed by atoms with E-state index in [0.29, 0.717) is 22.3 Å². The molecule has 178 valence electrons. The molecule has 1 heterocycles. The van der Waals surface area contributed by atoms with Crippen LogP contribution in [-0.4, -0.2) is 20.8 Å². The van der Waals surface area contributed by atoms with Gasteiger partial charge in [-0.3, -0.25) is 14.9 Å². The van der Waals surface area contributed by atoms with Gasteiger partial charge >= 0.3 is 5.69 Å². The van der Waals surface area contributed by atoms with Gasteiger partial charge in [0.25, 0.3) is 5.56 Å². The third-order valence-corrected chi connectivity index (χ3v) is 6.23. The molecule has 5 rings (SSSR count). The summed E-state index contributed by atoms with van der Waals surface area (Å²) in [5.74, 6) is 0.547. The van der Waals surface area contributed by atoms with Gasteiger partial charge in [0, 0.05) is 16.1 Å². The molecule has 1 aromatic heterocycles. The summed E-state index contributed by atoms with van der Waals surface area (Å²) in [5.41, 5.74) is 1.41. The summed E-state index contributed by atoms with van der Waals surface area (Å²) in [4.78, 5) is 28.6. The predicted octanol–water partition coefficient (Wildman–Crippen LogP) is 5.99. The standard InChI is InChI=1S/C27H19BrN4O4/c1-17-30-24-11-10-21(28)14-23(24)27(33)31(17)29-15-18-9-12-26(25(13-18)32(34)35)36-16-20-7-4-6-19-5-2-3-8-22(19)20/h2-15H,16H2,1H3. The smallest absolute Gasteiger partial charge is 0.311 e. The summed E-state index contributed by atoms with van der Waals surface area (Å²) in [6, 6.07) is 23.6. The van der Waals surface area contributed by atoms with E-state index < -0.39 is 4.92 Å². The van der Waals surface area contributed by atoms with Gasteiger partial charge in [-0.15, -0.1) is 0 Å². The van der Waals surface area contributed by atoms with Crippen molar-refractivity contribution in [2.75, 3.05) is 0 Å². The molecule has 0 amide bonds. The quantitative estimate of drug-likeness (QED) is 0.149. The molecule has 9 heteroatoms. The highest BCUT2D eigenvalue weighted by molar-refractivity contribution is 9.10. The first-order valence-electron chi connectivity index (χ1n) is 11.0. The summed E-state index contributed by atoms with van der Waals surface area (Å²) in [5, 5.41) is 18.5. The van der Waals surface area contributed by atoms with Gasteiger partial charge in [-0.2, -0.15) is 9.78 Å². The van der Waals surface area contributed by atoms with Gasteiger partial charge < -0.3 is 4.74 Å². The number of fused-ring (bicyclic) bond motifs is 2. The highest BCUT2D eigenvalue weighted by Crippen LogP contribution is 2.29. The predicted molar refractivity (Wildman–Crippen MR) is 143 cm³/mol. The minimum absolute atomic E-state index is 0.149. The average Bonchev–Trinajstić information content (AvgIpc) is 2.88. The first kappa shape index (κ1) is 23.4. The van der Waals surface area contributed by atoms with E-state index in [0.717, 1.165) is 20.8 Å². The fraction of sp³-hybridized carbons (Fsp3) is 0.0741. The summed E-state index contributed by atoms with van der Waals surface area (Å²) >= 11 is 3.36. The number of ether oxygens (including phenoxy) is 1. The van der Waals surface area contributed by atoms with Gasteiger partial charge in [-0.1, -0.05) is 58.4 Å². The number of aryl methyl sites for hydroxylation is 1. The number of halogens is 1. The first-order chi connectivity index (χ1) is 17.4. The number of nitro groups is 1. The second-order valence-electron chi connectivity index (χ2n) is 8.09. The molecule has 36 heavy (non-hydrogen) atoms. The lowest BCUT2D eigenvalue weighted by Gasteiger charge is -2.10. The number of nitrogens with zero attached hydrogens (tertiary/aromatic N) is 4. The molecule has 0 bridgehead atoms. The molecule has 0 aliphatic carbocycles. The maximum Gasteiger partial charge on any atom is 0.311 e. The van der Waals surface area contributed by atoms with Gasteiger partial charge in [0.15, 0.2) is 5.75 Å². The van der Waals surface area contributed by atoms with Crippen molar-refractivity contribution in [3.63, 3.8) is 0 Å². The molecule has 0 saturated heterocycles. The van der Waals surface area contributed by atoms with Crippen molar-refractivity contribution in [2.24, 2.45) is 5.10 Å². The molecule has 0 atom stereocenters. The zero-order valence-corrected chi connectivity index (χ0v) is 20.7. The van der Waals surface area contributed by atoms with Crippen LogP contribution < -0.4 is 10.3 Å². The molecule has 5 aromatic rings. The first-order valence-corrected chi connectivity index (χ1v) is 11.8. The molecular formula is C27H19BrN4O4. The minimum atomic E-state index is -0.498. The lowest BCUT2D eigenvalue weighted by atomic mass is 10.1. The third kappa shape index (κ3) is 4.60. The highest BCUT2D eigenvalue weighted by Gasteiger charge is 2.16. The Morgan fingerprint density at radius 2 is 1.86 bits per heavy atom. The maximum absolute atomic E-state index is 12.9. The van der Waals surface area contributed by atoms with Crippen molar-refractivity contribution in [3.8, 4) is 5.75 Å². The molecule has 0 N–H and O–H groups in total. The van der Waals surface area contributed by atoms with E-state index in [1.54, 1.807) is 25.1 Å². The van der Waals surface area contributed by atoms with Crippen molar-refractivity contribution < 1.29 is 9.66 Å². The molecule has 0 aliphatic rings. The van der Waals surface area contributed by atoms with Crippen molar-refractivity contribution in [1.82, 2.24) is 9.66 Å². The maximum atomic E-state index is 12.9. The Labute approximate surface area is 213 Å². The number of hydrogen-bond donors (Lipinski definition) is 0. The van der Waals surface area contributed by atoms with Crippen molar-refractivity contribution >= 4 is 49.5 Å². The van der Waals surface area contributed by atoms with Crippen LogP contribution in [0.15, 0.2) is 93.2 Å². The van der Waals surface area contributed by atoms with Gasteiger partial charge in [0.1, 0.15) is 12.4 Å². The Hall–Kier alpha value is -4.37. The molecular weight excluding hydrogens is 524 g/mol. The molecule has 4 aromatic carbocycles. The lowest BCUT2D eigenvalue weighted by molar-refractivity contribution is -0.385. The second kappa shape index (κ2) is 9.71. The van der Waals surface area contributed by atoms with Gasteiger partial charge in [0.05, 0.1) is 22.0 Å². The van der Waals surface area contributed by atoms with E-state index >= 15 is 0 Å². The Bertz CT molecular complexity index is 1720. The molecule has 0 radical (unpaired) electrons. The number of nitro benzene ring substituents is 1. The molecule has 0 aliphatic heterocycles. The van der Waals surface area contributed by atoms with Crippen LogP contribution in [0.25, 0.3) is 21.7 Å².